The van der Waals surface area contributed by atoms with Crippen LogP contribution >= 0.6 is 12.6 Å². The van der Waals surface area contributed by atoms with Gasteiger partial charge in [-0.1, -0.05) is 6.92 Å². The molecule has 7 heteroatoms. The summed E-state index contributed by atoms with van der Waals surface area (Å²) in [4.78, 5) is 9.84. The largest absolute Gasteiger partial charge is 2.00 e. The van der Waals surface area contributed by atoms with Crippen molar-refractivity contribution in [2.24, 2.45) is 0 Å². The van der Waals surface area contributed by atoms with Crippen LogP contribution in [0, 0.1) is 0 Å². The van der Waals surface area contributed by atoms with E-state index in [4.69, 9.17) is 5.11 Å². The minimum Gasteiger partial charge on any atom is -1.00 e. The number of carbonyl (C=O) groups excluding carboxylic acids is 1. The summed E-state index contributed by atoms with van der Waals surface area (Å²) in [5, 5.41) is 18.3. The van der Waals surface area contributed by atoms with Gasteiger partial charge in [0.15, 0.2) is 0 Å². The summed E-state index contributed by atoms with van der Waals surface area (Å²) in [6, 6.07) is 0. The van der Waals surface area contributed by atoms with Crippen molar-refractivity contribution in [3.05, 3.63) is 0 Å². The fraction of sp³-hybridized carbons (Fsp3) is 0.800. The van der Waals surface area contributed by atoms with Crippen LogP contribution in [0.3, 0.4) is 0 Å². The fourth-order valence-electron chi connectivity index (χ4n) is 0.419. The minimum absolute atomic E-state index is 0. The van der Waals surface area contributed by atoms with Crippen molar-refractivity contribution in [1.82, 2.24) is 0 Å². The Kier molecular flexibility index (Phi) is 23.6. The second-order valence-electron chi connectivity index (χ2n) is 1.92. The van der Waals surface area contributed by atoms with E-state index in [-0.39, 0.29) is 60.6 Å². The van der Waals surface area contributed by atoms with Gasteiger partial charge in [-0.15, -0.1) is 0 Å². The molecule has 12 heavy (non-hydrogen) atoms. The van der Waals surface area contributed by atoms with Crippen LogP contribution in [-0.2, 0) is 41.3 Å². The van der Waals surface area contributed by atoms with Gasteiger partial charge in [-0.25, -0.2) is 0 Å². The van der Waals surface area contributed by atoms with Crippen LogP contribution in [0.2, 0.25) is 0 Å². The summed E-state index contributed by atoms with van der Waals surface area (Å²) in [5.41, 5.74) is 0. The van der Waals surface area contributed by atoms with Gasteiger partial charge >= 0.3 is 19.5 Å². The van der Waals surface area contributed by atoms with Crippen LogP contribution in [0.4, 0.5) is 0 Å². The predicted molar refractivity (Wildman–Crippen MR) is 34.1 cm³/mol. The Morgan fingerprint density at radius 1 is 1.67 bits per heavy atom. The van der Waals surface area contributed by atoms with Gasteiger partial charge in [0.2, 0.25) is 0 Å². The first kappa shape index (κ1) is 23.2. The number of carboxylic acid groups (broad SMARTS) is 1. The molecule has 0 aliphatic heterocycles. The third-order valence-corrected chi connectivity index (χ3v) is 1.05. The number of aliphatic hydroxyl groups excluding tert-OH is 1. The molecule has 3 nitrogen and oxygen atoms in total. The Balaban J connectivity index is -0.000000107. The van der Waals surface area contributed by atoms with Crippen molar-refractivity contribution in [3.8, 4) is 0 Å². The van der Waals surface area contributed by atoms with Crippen LogP contribution < -0.4 is 17.5 Å². The maximum Gasteiger partial charge on any atom is 2.00 e. The molecule has 1 N–H and O–H groups in total. The predicted octanol–water partition coefficient (Wildman–Crippen LogP) is -4.20. The van der Waals surface area contributed by atoms with Gasteiger partial charge in [0.05, 0.1) is 12.1 Å². The fourth-order valence-corrected chi connectivity index (χ4v) is 0.619. The summed E-state index contributed by atoms with van der Waals surface area (Å²) >= 11 is 3.88. The summed E-state index contributed by atoms with van der Waals surface area (Å²) in [6.07, 6.45) is -1.25. The van der Waals surface area contributed by atoms with Crippen LogP contribution in [0.25, 0.3) is 0 Å². The van der Waals surface area contributed by atoms with E-state index in [1.165, 1.54) is 0 Å². The monoisotopic (exact) mass is 303 g/mol. The van der Waals surface area contributed by atoms with E-state index in [2.05, 4.69) is 12.6 Å². The van der Waals surface area contributed by atoms with E-state index in [1.54, 1.807) is 6.92 Å². The number of hydrogen-bond donors (Lipinski definition) is 2. The summed E-state index contributed by atoms with van der Waals surface area (Å²) in [5.74, 6) is -1.43. The van der Waals surface area contributed by atoms with Gasteiger partial charge in [-0.2, -0.15) is 12.6 Å². The van der Waals surface area contributed by atoms with Gasteiger partial charge in [-0.05, 0) is 6.42 Å². The first-order valence-corrected chi connectivity index (χ1v) is 3.12. The van der Waals surface area contributed by atoms with E-state index < -0.39 is 12.1 Å². The zero-order valence-electron chi connectivity index (χ0n) is 6.54. The molecule has 0 bridgehead atoms. The molecule has 0 aliphatic carbocycles. The molecule has 0 amide bonds. The Labute approximate surface area is 107 Å². The van der Waals surface area contributed by atoms with Gasteiger partial charge in [-0.3, -0.25) is 0 Å². The molecule has 0 saturated heterocycles. The number of hydrogen-bond acceptors (Lipinski definition) is 4. The second-order valence-corrected chi connectivity index (χ2v) is 2.80. The molecule has 0 heterocycles. The molecule has 0 fully saturated rings. The van der Waals surface area contributed by atoms with Crippen molar-refractivity contribution in [2.75, 3.05) is 0 Å². The van der Waals surface area contributed by atoms with Gasteiger partial charge in [0, 0.05) is 22.3 Å². The normalized spacial score (nSPS) is 12.6. The molecular weight excluding hydrogens is 296 g/mol. The number of carbonyl (C=O) groups is 1. The molecule has 69 valence electrons. The molecule has 0 saturated carbocycles. The summed E-state index contributed by atoms with van der Waals surface area (Å²) in [6.45, 7) is 1.70. The SMILES string of the molecule is CC(S)CC(O)C(=O)[O-].[Cl-].[Mn].[Zn+2]. The Morgan fingerprint density at radius 3 is 2.08 bits per heavy atom. The van der Waals surface area contributed by atoms with Crippen molar-refractivity contribution in [1.29, 1.82) is 0 Å². The van der Waals surface area contributed by atoms with E-state index in [1.807, 2.05) is 0 Å². The van der Waals surface area contributed by atoms with Crippen LogP contribution in [-0.4, -0.2) is 22.4 Å². The quantitative estimate of drug-likeness (QED) is 0.411. The topological polar surface area (TPSA) is 60.4 Å². The summed E-state index contributed by atoms with van der Waals surface area (Å²) < 4.78 is 0. The zero-order valence-corrected chi connectivity index (χ0v) is 12.3. The molecular formula is C5H9ClMnO3SZn. The number of thiol groups is 1. The first-order chi connectivity index (χ1) is 4.04. The minimum atomic E-state index is -1.43. The first-order valence-electron chi connectivity index (χ1n) is 2.61. The molecule has 0 aliphatic rings. The molecule has 0 aromatic rings. The maximum atomic E-state index is 9.84. The molecule has 1 radical (unpaired) electrons. The van der Waals surface area contributed by atoms with Gasteiger partial charge < -0.3 is 27.4 Å². The van der Waals surface area contributed by atoms with E-state index in [9.17, 15) is 9.90 Å². The van der Waals surface area contributed by atoms with Gasteiger partial charge in [0.25, 0.3) is 0 Å². The van der Waals surface area contributed by atoms with Crippen LogP contribution in [0.5, 0.6) is 0 Å². The smallest absolute Gasteiger partial charge is 1.00 e. The van der Waals surface area contributed by atoms with E-state index in [0.29, 0.717) is 0 Å². The molecule has 0 spiro atoms. The van der Waals surface area contributed by atoms with Crippen molar-refractivity contribution < 1.29 is 64.0 Å². The molecule has 0 rings (SSSR count). The second kappa shape index (κ2) is 12.2. The van der Waals surface area contributed by atoms with Gasteiger partial charge in [0.1, 0.15) is 0 Å². The number of rotatable bonds is 3. The zero-order chi connectivity index (χ0) is 7.44. The third kappa shape index (κ3) is 13.8. The van der Waals surface area contributed by atoms with Crippen molar-refractivity contribution in [2.45, 2.75) is 24.7 Å². The van der Waals surface area contributed by atoms with Crippen LogP contribution in [0.1, 0.15) is 13.3 Å². The van der Waals surface area contributed by atoms with Crippen molar-refractivity contribution in [3.63, 3.8) is 0 Å². The number of aliphatic carboxylic acids is 1. The number of aliphatic hydroxyl groups is 1. The van der Waals surface area contributed by atoms with Crippen LogP contribution in [0.15, 0.2) is 0 Å². The standard InChI is InChI=1S/C5H10O3S.ClH.Mn.Zn/c1-3(9)2-4(6)5(7)8;;;/h3-4,6,9H,2H2,1H3,(H,7,8);1H;;/q;;;+2/p-2. The van der Waals surface area contributed by atoms with E-state index in [0.717, 1.165) is 0 Å². The third-order valence-electron chi connectivity index (χ3n) is 0.836. The molecule has 0 aromatic heterocycles. The maximum absolute atomic E-state index is 9.84. The summed E-state index contributed by atoms with van der Waals surface area (Å²) in [7, 11) is 0. The number of carboxylic acids is 1. The van der Waals surface area contributed by atoms with Crippen molar-refractivity contribution >= 4 is 18.6 Å². The van der Waals surface area contributed by atoms with E-state index >= 15 is 0 Å². The molecule has 2 unspecified atom stereocenters. The molecule has 0 aromatic carbocycles. The average molecular weight is 305 g/mol. The Morgan fingerprint density at radius 2 is 2.00 bits per heavy atom. The Bertz CT molecular complexity index is 117. The Hall–Kier alpha value is 1.21. The number of halogens is 1. The average Bonchev–Trinajstić information content (AvgIpc) is 1.63. The molecule has 2 atom stereocenters.